The van der Waals surface area contributed by atoms with Gasteiger partial charge in [0.1, 0.15) is 5.82 Å². The largest absolute Gasteiger partial charge is 0.394 e. The number of nitrogens with one attached hydrogen (secondary N) is 1. The molecular weight excluding hydrogens is 389 g/mol. The van der Waals surface area contributed by atoms with Crippen LogP contribution in [-0.4, -0.2) is 11.7 Å². The van der Waals surface area contributed by atoms with E-state index in [-0.39, 0.29) is 12.4 Å². The molecule has 0 bridgehead atoms. The number of anilines is 1. The van der Waals surface area contributed by atoms with Crippen LogP contribution < -0.4 is 5.32 Å². The standard InChI is InChI=1S/C15H14Br2FNO/c1-15(9-20,13-8-11(17)5-6-14(13)18)19-12-4-2-3-10(16)7-12/h2-8,19-20H,9H2,1H3. The van der Waals surface area contributed by atoms with E-state index in [1.165, 1.54) is 6.07 Å². The third-order valence-electron chi connectivity index (χ3n) is 3.08. The van der Waals surface area contributed by atoms with Crippen molar-refractivity contribution >= 4 is 37.5 Å². The Hall–Kier alpha value is -0.910. The first-order valence-electron chi connectivity index (χ1n) is 6.05. The Balaban J connectivity index is 2.40. The molecule has 0 radical (unpaired) electrons. The fraction of sp³-hybridized carbons (Fsp3) is 0.200. The average Bonchev–Trinajstić information content (AvgIpc) is 2.41. The third-order valence-corrected chi connectivity index (χ3v) is 4.07. The molecule has 0 saturated heterocycles. The molecule has 2 aromatic carbocycles. The number of benzene rings is 2. The number of hydrogen-bond donors (Lipinski definition) is 2. The fourth-order valence-electron chi connectivity index (χ4n) is 2.00. The summed E-state index contributed by atoms with van der Waals surface area (Å²) in [5, 5.41) is 12.9. The lowest BCUT2D eigenvalue weighted by Crippen LogP contribution is -2.36. The van der Waals surface area contributed by atoms with Gasteiger partial charge in [0.05, 0.1) is 12.1 Å². The second-order valence-corrected chi connectivity index (χ2v) is 6.58. The lowest BCUT2D eigenvalue weighted by Gasteiger charge is -2.31. The van der Waals surface area contributed by atoms with Crippen molar-refractivity contribution in [3.8, 4) is 0 Å². The zero-order chi connectivity index (χ0) is 14.8. The van der Waals surface area contributed by atoms with Crippen LogP contribution in [0.2, 0.25) is 0 Å². The van der Waals surface area contributed by atoms with E-state index < -0.39 is 5.54 Å². The van der Waals surface area contributed by atoms with Crippen LogP contribution in [0.25, 0.3) is 0 Å². The van der Waals surface area contributed by atoms with Crippen molar-refractivity contribution in [1.82, 2.24) is 0 Å². The molecule has 5 heteroatoms. The molecule has 0 aliphatic heterocycles. The highest BCUT2D eigenvalue weighted by molar-refractivity contribution is 9.10. The second kappa shape index (κ2) is 6.24. The Bertz CT molecular complexity index is 621. The maximum absolute atomic E-state index is 14.1. The summed E-state index contributed by atoms with van der Waals surface area (Å²) >= 11 is 6.72. The zero-order valence-corrected chi connectivity index (χ0v) is 14.0. The molecule has 1 unspecified atom stereocenters. The molecule has 0 aromatic heterocycles. The summed E-state index contributed by atoms with van der Waals surface area (Å²) in [5.41, 5.74) is 0.305. The molecule has 2 nitrogen and oxygen atoms in total. The molecule has 0 aliphatic rings. The maximum atomic E-state index is 14.1. The number of rotatable bonds is 4. The first-order valence-corrected chi connectivity index (χ1v) is 7.63. The van der Waals surface area contributed by atoms with Crippen molar-refractivity contribution in [2.45, 2.75) is 12.5 Å². The summed E-state index contributed by atoms with van der Waals surface area (Å²) in [5.74, 6) is -0.354. The van der Waals surface area contributed by atoms with E-state index in [1.807, 2.05) is 24.3 Å². The number of hydrogen-bond acceptors (Lipinski definition) is 2. The molecule has 0 spiro atoms. The van der Waals surface area contributed by atoms with Gasteiger partial charge in [-0.3, -0.25) is 0 Å². The normalized spacial score (nSPS) is 13.8. The number of aliphatic hydroxyl groups excluding tert-OH is 1. The molecule has 0 amide bonds. The van der Waals surface area contributed by atoms with Crippen LogP contribution >= 0.6 is 31.9 Å². The van der Waals surface area contributed by atoms with Gasteiger partial charge in [0.25, 0.3) is 0 Å². The van der Waals surface area contributed by atoms with Crippen molar-refractivity contribution in [3.63, 3.8) is 0 Å². The molecule has 1 atom stereocenters. The molecule has 2 aromatic rings. The van der Waals surface area contributed by atoms with Gasteiger partial charge in [-0.05, 0) is 43.3 Å². The van der Waals surface area contributed by atoms with E-state index in [0.29, 0.717) is 5.56 Å². The minimum Gasteiger partial charge on any atom is -0.394 e. The van der Waals surface area contributed by atoms with Crippen LogP contribution in [0.5, 0.6) is 0 Å². The van der Waals surface area contributed by atoms with E-state index in [1.54, 1.807) is 19.1 Å². The number of aliphatic hydroxyl groups is 1. The minimum absolute atomic E-state index is 0.229. The summed E-state index contributed by atoms with van der Waals surface area (Å²) in [4.78, 5) is 0. The topological polar surface area (TPSA) is 32.3 Å². The lowest BCUT2D eigenvalue weighted by atomic mass is 9.92. The van der Waals surface area contributed by atoms with Gasteiger partial charge in [-0.25, -0.2) is 4.39 Å². The van der Waals surface area contributed by atoms with Crippen molar-refractivity contribution in [2.24, 2.45) is 0 Å². The van der Waals surface area contributed by atoms with Gasteiger partial charge in [0, 0.05) is 20.2 Å². The molecule has 0 fully saturated rings. The van der Waals surface area contributed by atoms with Gasteiger partial charge in [0.2, 0.25) is 0 Å². The van der Waals surface area contributed by atoms with Crippen LogP contribution in [0.15, 0.2) is 51.4 Å². The van der Waals surface area contributed by atoms with Crippen molar-refractivity contribution < 1.29 is 9.50 Å². The average molecular weight is 403 g/mol. The lowest BCUT2D eigenvalue weighted by molar-refractivity contribution is 0.220. The van der Waals surface area contributed by atoms with Crippen molar-refractivity contribution in [3.05, 3.63) is 62.8 Å². The van der Waals surface area contributed by atoms with Gasteiger partial charge in [0.15, 0.2) is 0 Å². The quantitative estimate of drug-likeness (QED) is 0.778. The molecule has 0 saturated carbocycles. The Kier molecular flexibility index (Phi) is 4.83. The summed E-state index contributed by atoms with van der Waals surface area (Å²) < 4.78 is 15.7. The van der Waals surface area contributed by atoms with E-state index in [0.717, 1.165) is 14.6 Å². The second-order valence-electron chi connectivity index (χ2n) is 4.75. The van der Waals surface area contributed by atoms with E-state index in [9.17, 15) is 9.50 Å². The van der Waals surface area contributed by atoms with Crippen molar-refractivity contribution in [2.75, 3.05) is 11.9 Å². The minimum atomic E-state index is -0.908. The summed E-state index contributed by atoms with van der Waals surface area (Å²) in [6, 6.07) is 12.2. The predicted octanol–water partition coefficient (Wildman–Crippen LogP) is 4.67. The van der Waals surface area contributed by atoms with Crippen LogP contribution in [0.1, 0.15) is 12.5 Å². The SMILES string of the molecule is CC(CO)(Nc1cccc(Br)c1)c1cc(Br)ccc1F. The molecule has 2 N–H and O–H groups in total. The summed E-state index contributed by atoms with van der Waals surface area (Å²) in [6.45, 7) is 1.53. The summed E-state index contributed by atoms with van der Waals surface area (Å²) in [7, 11) is 0. The molecule has 0 aliphatic carbocycles. The molecule has 0 heterocycles. The zero-order valence-electron chi connectivity index (χ0n) is 10.8. The smallest absolute Gasteiger partial charge is 0.128 e. The highest BCUT2D eigenvalue weighted by Crippen LogP contribution is 2.30. The third kappa shape index (κ3) is 3.40. The monoisotopic (exact) mass is 401 g/mol. The Morgan fingerprint density at radius 2 is 1.85 bits per heavy atom. The van der Waals surface area contributed by atoms with Gasteiger partial charge in [-0.1, -0.05) is 37.9 Å². The van der Waals surface area contributed by atoms with Gasteiger partial charge >= 0.3 is 0 Å². The van der Waals surface area contributed by atoms with Gasteiger partial charge in [-0.2, -0.15) is 0 Å². The van der Waals surface area contributed by atoms with Crippen LogP contribution in [0.3, 0.4) is 0 Å². The maximum Gasteiger partial charge on any atom is 0.128 e. The molecule has 20 heavy (non-hydrogen) atoms. The fourth-order valence-corrected chi connectivity index (χ4v) is 2.76. The first kappa shape index (κ1) is 15.5. The Labute approximate surface area is 134 Å². The van der Waals surface area contributed by atoms with Gasteiger partial charge < -0.3 is 10.4 Å². The van der Waals surface area contributed by atoms with E-state index >= 15 is 0 Å². The molecule has 2 rings (SSSR count). The molecule has 106 valence electrons. The summed E-state index contributed by atoms with van der Waals surface area (Å²) in [6.07, 6.45) is 0. The predicted molar refractivity (Wildman–Crippen MR) is 86.3 cm³/mol. The van der Waals surface area contributed by atoms with Crippen LogP contribution in [-0.2, 0) is 5.54 Å². The van der Waals surface area contributed by atoms with E-state index in [4.69, 9.17) is 0 Å². The van der Waals surface area contributed by atoms with Crippen LogP contribution in [0.4, 0.5) is 10.1 Å². The Morgan fingerprint density at radius 3 is 2.50 bits per heavy atom. The number of halogens is 3. The molecular formula is C15H14Br2FNO. The highest BCUT2D eigenvalue weighted by atomic mass is 79.9. The van der Waals surface area contributed by atoms with E-state index in [2.05, 4.69) is 37.2 Å². The first-order chi connectivity index (χ1) is 9.44. The Morgan fingerprint density at radius 1 is 1.15 bits per heavy atom. The van der Waals surface area contributed by atoms with Gasteiger partial charge in [-0.15, -0.1) is 0 Å². The van der Waals surface area contributed by atoms with Crippen LogP contribution in [0, 0.1) is 5.82 Å². The van der Waals surface area contributed by atoms with Crippen molar-refractivity contribution in [1.29, 1.82) is 0 Å². The highest BCUT2D eigenvalue weighted by Gasteiger charge is 2.29.